The van der Waals surface area contributed by atoms with Crippen molar-refractivity contribution in [1.82, 2.24) is 0 Å². The Morgan fingerprint density at radius 1 is 1.31 bits per heavy atom. The van der Waals surface area contributed by atoms with Crippen molar-refractivity contribution in [3.05, 3.63) is 30.3 Å². The highest BCUT2D eigenvalue weighted by molar-refractivity contribution is 5.82. The van der Waals surface area contributed by atoms with E-state index < -0.39 is 18.0 Å². The van der Waals surface area contributed by atoms with Crippen LogP contribution in [0.3, 0.4) is 0 Å². The van der Waals surface area contributed by atoms with Gasteiger partial charge in [0.05, 0.1) is 0 Å². The lowest BCUT2D eigenvalue weighted by Crippen LogP contribution is -2.32. The number of ether oxygens (including phenoxy) is 2. The predicted molar refractivity (Wildman–Crippen MR) is 56.7 cm³/mol. The molecule has 1 atom stereocenters. The van der Waals surface area contributed by atoms with E-state index in [9.17, 15) is 9.59 Å². The molecule has 16 heavy (non-hydrogen) atoms. The van der Waals surface area contributed by atoms with E-state index in [2.05, 4.69) is 0 Å². The van der Waals surface area contributed by atoms with Crippen LogP contribution >= 0.6 is 0 Å². The lowest BCUT2D eigenvalue weighted by atomic mass is 10.3. The topological polar surface area (TPSA) is 78.6 Å². The lowest BCUT2D eigenvalue weighted by Gasteiger charge is -2.10. The number of carbonyl (C=O) groups is 2. The van der Waals surface area contributed by atoms with Crippen molar-refractivity contribution in [3.63, 3.8) is 0 Å². The Morgan fingerprint density at radius 3 is 2.50 bits per heavy atom. The zero-order valence-electron chi connectivity index (χ0n) is 8.88. The number of para-hydroxylation sites is 1. The first-order chi connectivity index (χ1) is 7.59. The van der Waals surface area contributed by atoms with Crippen LogP contribution in [0.15, 0.2) is 30.3 Å². The highest BCUT2D eigenvalue weighted by atomic mass is 16.6. The van der Waals surface area contributed by atoms with Gasteiger partial charge in [0.1, 0.15) is 5.75 Å². The van der Waals surface area contributed by atoms with Crippen LogP contribution in [0, 0.1) is 0 Å². The third kappa shape index (κ3) is 4.00. The number of hydrogen-bond acceptors (Lipinski definition) is 4. The molecule has 0 aliphatic carbocycles. The lowest BCUT2D eigenvalue weighted by molar-refractivity contribution is -0.155. The molecule has 0 unspecified atom stereocenters. The van der Waals surface area contributed by atoms with Crippen molar-refractivity contribution < 1.29 is 19.1 Å². The van der Waals surface area contributed by atoms with Crippen LogP contribution in [0.2, 0.25) is 0 Å². The Labute approximate surface area is 93.1 Å². The molecule has 0 heterocycles. The molecule has 0 spiro atoms. The fourth-order valence-electron chi connectivity index (χ4n) is 0.948. The van der Waals surface area contributed by atoms with Crippen molar-refractivity contribution in [3.8, 4) is 5.75 Å². The van der Waals surface area contributed by atoms with Gasteiger partial charge in [0.2, 0.25) is 0 Å². The number of nitrogens with two attached hydrogens (primary N) is 1. The minimum Gasteiger partial charge on any atom is -0.482 e. The molecular formula is C11H13NO4. The Bertz CT molecular complexity index is 364. The van der Waals surface area contributed by atoms with Crippen LogP contribution in [-0.4, -0.2) is 24.6 Å². The van der Waals surface area contributed by atoms with E-state index in [0.29, 0.717) is 5.75 Å². The Morgan fingerprint density at radius 2 is 1.94 bits per heavy atom. The zero-order chi connectivity index (χ0) is 12.0. The van der Waals surface area contributed by atoms with Crippen molar-refractivity contribution >= 4 is 11.9 Å². The first-order valence-electron chi connectivity index (χ1n) is 4.76. The van der Waals surface area contributed by atoms with Gasteiger partial charge in [-0.3, -0.25) is 4.79 Å². The summed E-state index contributed by atoms with van der Waals surface area (Å²) in [6, 6.07) is 8.83. The van der Waals surface area contributed by atoms with Gasteiger partial charge in [0.15, 0.2) is 12.7 Å². The summed E-state index contributed by atoms with van der Waals surface area (Å²) >= 11 is 0. The molecule has 0 saturated heterocycles. The molecule has 2 N–H and O–H groups in total. The third-order valence-corrected chi connectivity index (χ3v) is 1.81. The van der Waals surface area contributed by atoms with Gasteiger partial charge < -0.3 is 15.2 Å². The fraction of sp³-hybridized carbons (Fsp3) is 0.273. The fourth-order valence-corrected chi connectivity index (χ4v) is 0.948. The number of rotatable bonds is 5. The largest absolute Gasteiger partial charge is 0.482 e. The number of carbonyl (C=O) groups excluding carboxylic acids is 2. The molecule has 0 aliphatic heterocycles. The molecule has 0 aromatic heterocycles. The summed E-state index contributed by atoms with van der Waals surface area (Å²) in [5.41, 5.74) is 4.93. The summed E-state index contributed by atoms with van der Waals surface area (Å²) in [7, 11) is 0. The van der Waals surface area contributed by atoms with E-state index in [1.807, 2.05) is 6.07 Å². The van der Waals surface area contributed by atoms with E-state index in [-0.39, 0.29) is 6.61 Å². The molecule has 1 amide bonds. The second-order valence-electron chi connectivity index (χ2n) is 3.14. The third-order valence-electron chi connectivity index (χ3n) is 1.81. The molecule has 0 saturated carbocycles. The molecule has 0 radical (unpaired) electrons. The number of amides is 1. The number of esters is 1. The maximum atomic E-state index is 11.2. The van der Waals surface area contributed by atoms with Gasteiger partial charge in [0, 0.05) is 0 Å². The van der Waals surface area contributed by atoms with E-state index in [0.717, 1.165) is 0 Å². The first kappa shape index (κ1) is 12.0. The summed E-state index contributed by atoms with van der Waals surface area (Å²) < 4.78 is 9.82. The predicted octanol–water partition coefficient (Wildman–Crippen LogP) is 0.482. The quantitative estimate of drug-likeness (QED) is 0.736. The van der Waals surface area contributed by atoms with E-state index in [1.54, 1.807) is 24.3 Å². The zero-order valence-corrected chi connectivity index (χ0v) is 8.88. The standard InChI is InChI=1S/C11H13NO4/c1-8(11(12)14)16-10(13)7-15-9-5-3-2-4-6-9/h2-6,8H,7H2,1H3,(H2,12,14)/t8-/m0/s1. The maximum Gasteiger partial charge on any atom is 0.344 e. The monoisotopic (exact) mass is 223 g/mol. The van der Waals surface area contributed by atoms with Gasteiger partial charge >= 0.3 is 5.97 Å². The molecule has 0 aliphatic rings. The Kier molecular flexibility index (Phi) is 4.32. The minimum atomic E-state index is -0.938. The SMILES string of the molecule is C[C@H](OC(=O)COc1ccccc1)C(N)=O. The molecule has 1 rings (SSSR count). The van der Waals surface area contributed by atoms with Crippen molar-refractivity contribution in [2.75, 3.05) is 6.61 Å². The molecule has 5 nitrogen and oxygen atoms in total. The van der Waals surface area contributed by atoms with Crippen LogP contribution in [-0.2, 0) is 14.3 Å². The molecule has 1 aromatic carbocycles. The van der Waals surface area contributed by atoms with Gasteiger partial charge in [-0.1, -0.05) is 18.2 Å². The summed E-state index contributed by atoms with van der Waals surface area (Å²) in [5.74, 6) is -0.755. The van der Waals surface area contributed by atoms with E-state index >= 15 is 0 Å². The van der Waals surface area contributed by atoms with Gasteiger partial charge in [-0.05, 0) is 19.1 Å². The van der Waals surface area contributed by atoms with E-state index in [4.69, 9.17) is 15.2 Å². The highest BCUT2D eigenvalue weighted by Gasteiger charge is 2.14. The number of primary amides is 1. The van der Waals surface area contributed by atoms with Crippen molar-refractivity contribution in [2.24, 2.45) is 5.73 Å². The molecular weight excluding hydrogens is 210 g/mol. The summed E-state index contributed by atoms with van der Waals surface area (Å²) in [6.45, 7) is 1.16. The summed E-state index contributed by atoms with van der Waals surface area (Å²) in [6.07, 6.45) is -0.938. The average Bonchev–Trinajstić information content (AvgIpc) is 2.27. The Hall–Kier alpha value is -2.04. The highest BCUT2D eigenvalue weighted by Crippen LogP contribution is 2.08. The van der Waals surface area contributed by atoms with Crippen LogP contribution in [0.25, 0.3) is 0 Å². The minimum absolute atomic E-state index is 0.248. The van der Waals surface area contributed by atoms with Gasteiger partial charge in [-0.25, -0.2) is 4.79 Å². The number of benzene rings is 1. The first-order valence-corrected chi connectivity index (χ1v) is 4.76. The summed E-state index contributed by atoms with van der Waals surface area (Å²) in [4.78, 5) is 21.8. The van der Waals surface area contributed by atoms with Crippen LogP contribution in [0.1, 0.15) is 6.92 Å². The second-order valence-corrected chi connectivity index (χ2v) is 3.14. The average molecular weight is 223 g/mol. The van der Waals surface area contributed by atoms with Crippen LogP contribution in [0.5, 0.6) is 5.75 Å². The summed E-state index contributed by atoms with van der Waals surface area (Å²) in [5, 5.41) is 0. The molecule has 0 bridgehead atoms. The van der Waals surface area contributed by atoms with Crippen molar-refractivity contribution in [1.29, 1.82) is 0 Å². The molecule has 1 aromatic rings. The molecule has 0 fully saturated rings. The van der Waals surface area contributed by atoms with E-state index in [1.165, 1.54) is 6.92 Å². The normalized spacial score (nSPS) is 11.6. The second kappa shape index (κ2) is 5.75. The Balaban J connectivity index is 2.33. The van der Waals surface area contributed by atoms with Crippen molar-refractivity contribution in [2.45, 2.75) is 13.0 Å². The van der Waals surface area contributed by atoms with Gasteiger partial charge in [0.25, 0.3) is 5.91 Å². The smallest absolute Gasteiger partial charge is 0.344 e. The molecule has 5 heteroatoms. The van der Waals surface area contributed by atoms with Gasteiger partial charge in [-0.2, -0.15) is 0 Å². The number of hydrogen-bond donors (Lipinski definition) is 1. The van der Waals surface area contributed by atoms with Gasteiger partial charge in [-0.15, -0.1) is 0 Å². The van der Waals surface area contributed by atoms with Crippen LogP contribution in [0.4, 0.5) is 0 Å². The van der Waals surface area contributed by atoms with Crippen LogP contribution < -0.4 is 10.5 Å². The maximum absolute atomic E-state index is 11.2. The molecule has 86 valence electrons.